The second-order valence-corrected chi connectivity index (χ2v) is 8.21. The van der Waals surface area contributed by atoms with E-state index in [1.807, 2.05) is 6.07 Å². The quantitative estimate of drug-likeness (QED) is 0.531. The topological polar surface area (TPSA) is 108 Å². The molecule has 0 fully saturated rings. The van der Waals surface area contributed by atoms with E-state index < -0.39 is 10.8 Å². The maximum atomic E-state index is 13.3. The summed E-state index contributed by atoms with van der Waals surface area (Å²) in [4.78, 5) is 36.6. The predicted octanol–water partition coefficient (Wildman–Crippen LogP) is 4.27. The first kappa shape index (κ1) is 21.8. The van der Waals surface area contributed by atoms with Gasteiger partial charge in [0, 0.05) is 47.6 Å². The molecule has 0 saturated carbocycles. The largest absolute Gasteiger partial charge is 0.497 e. The summed E-state index contributed by atoms with van der Waals surface area (Å²) >= 11 is 5.94. The number of allylic oxidation sites excluding steroid dienone is 2. The molecule has 32 heavy (non-hydrogen) atoms. The Labute approximate surface area is 189 Å². The van der Waals surface area contributed by atoms with E-state index in [1.54, 1.807) is 32.4 Å². The fourth-order valence-corrected chi connectivity index (χ4v) is 4.70. The van der Waals surface area contributed by atoms with E-state index in [0.29, 0.717) is 34.8 Å². The molecule has 4 rings (SSSR count). The van der Waals surface area contributed by atoms with Gasteiger partial charge in [-0.15, -0.1) is 0 Å². The van der Waals surface area contributed by atoms with Gasteiger partial charge in [0.15, 0.2) is 5.78 Å². The van der Waals surface area contributed by atoms with Crippen LogP contribution in [0.5, 0.6) is 11.5 Å². The van der Waals surface area contributed by atoms with Gasteiger partial charge in [-0.1, -0.05) is 17.7 Å². The van der Waals surface area contributed by atoms with Crippen molar-refractivity contribution in [1.82, 2.24) is 5.32 Å². The second kappa shape index (κ2) is 8.63. The number of hydrogen-bond donors (Lipinski definition) is 1. The SMILES string of the molecule is COc1ccc(OC)c([C@@H]2CC(=O)C3=C(C2)NC(=O)C[C@H]3c2ccc(Cl)c([N+](=O)[O-])c2)c1. The van der Waals surface area contributed by atoms with Gasteiger partial charge in [-0.2, -0.15) is 0 Å². The maximum Gasteiger partial charge on any atom is 0.288 e. The van der Waals surface area contributed by atoms with Gasteiger partial charge in [0.2, 0.25) is 5.91 Å². The lowest BCUT2D eigenvalue weighted by molar-refractivity contribution is -0.384. The fourth-order valence-electron chi connectivity index (χ4n) is 4.51. The van der Waals surface area contributed by atoms with Gasteiger partial charge >= 0.3 is 0 Å². The van der Waals surface area contributed by atoms with E-state index in [9.17, 15) is 19.7 Å². The fraction of sp³-hybridized carbons (Fsp3) is 0.304. The normalized spacial score (nSPS) is 20.5. The van der Waals surface area contributed by atoms with Crippen molar-refractivity contribution in [2.45, 2.75) is 31.1 Å². The molecule has 1 aliphatic carbocycles. The Kier molecular flexibility index (Phi) is 5.88. The van der Waals surface area contributed by atoms with Crippen LogP contribution >= 0.6 is 11.6 Å². The molecule has 0 spiro atoms. The van der Waals surface area contributed by atoms with E-state index in [0.717, 1.165) is 5.56 Å². The number of Topliss-reactive ketones (excluding diaryl/α,β-unsaturated/α-hetero) is 1. The molecule has 2 aromatic carbocycles. The van der Waals surface area contributed by atoms with Gasteiger partial charge < -0.3 is 14.8 Å². The van der Waals surface area contributed by atoms with Crippen LogP contribution in [0.3, 0.4) is 0 Å². The first-order valence-corrected chi connectivity index (χ1v) is 10.4. The Bertz CT molecular complexity index is 1160. The van der Waals surface area contributed by atoms with E-state index >= 15 is 0 Å². The number of rotatable bonds is 5. The smallest absolute Gasteiger partial charge is 0.288 e. The summed E-state index contributed by atoms with van der Waals surface area (Å²) in [5.41, 5.74) is 2.15. The number of hydrogen-bond acceptors (Lipinski definition) is 6. The highest BCUT2D eigenvalue weighted by Crippen LogP contribution is 2.45. The molecule has 0 aromatic heterocycles. The van der Waals surface area contributed by atoms with E-state index in [2.05, 4.69) is 5.32 Å². The number of carbonyl (C=O) groups excluding carboxylic acids is 2. The zero-order valence-corrected chi connectivity index (χ0v) is 18.3. The van der Waals surface area contributed by atoms with Crippen molar-refractivity contribution in [1.29, 1.82) is 0 Å². The summed E-state index contributed by atoms with van der Waals surface area (Å²) in [7, 11) is 3.13. The first-order valence-electron chi connectivity index (χ1n) is 10.0. The molecule has 2 aromatic rings. The van der Waals surface area contributed by atoms with E-state index in [4.69, 9.17) is 21.1 Å². The molecule has 2 aliphatic rings. The number of halogens is 1. The van der Waals surface area contributed by atoms with E-state index in [1.165, 1.54) is 12.1 Å². The lowest BCUT2D eigenvalue weighted by Gasteiger charge is -2.34. The summed E-state index contributed by atoms with van der Waals surface area (Å²) < 4.78 is 10.8. The van der Waals surface area contributed by atoms with Crippen LogP contribution in [-0.4, -0.2) is 30.8 Å². The Hall–Kier alpha value is -3.39. The molecule has 0 saturated heterocycles. The standard InChI is InChI=1S/C23H21ClN2O6/c1-31-14-4-6-21(32-2)15(10-14)13-7-18-23(20(27)9-13)16(11-22(28)25-18)12-3-5-17(24)19(8-12)26(29)30/h3-6,8,10,13,16H,7,9,11H2,1-2H3,(H,25,28)/t13-,16-/m0/s1. The minimum absolute atomic E-state index is 0.00775. The van der Waals surface area contributed by atoms with Crippen molar-refractivity contribution in [3.05, 3.63) is 73.9 Å². The van der Waals surface area contributed by atoms with Gasteiger partial charge in [-0.3, -0.25) is 19.7 Å². The van der Waals surface area contributed by atoms with Gasteiger partial charge in [-0.25, -0.2) is 0 Å². The van der Waals surface area contributed by atoms with Gasteiger partial charge in [0.25, 0.3) is 5.69 Å². The summed E-state index contributed by atoms with van der Waals surface area (Å²) in [6.07, 6.45) is 0.698. The Morgan fingerprint density at radius 2 is 1.84 bits per heavy atom. The van der Waals surface area contributed by atoms with Gasteiger partial charge in [0.1, 0.15) is 16.5 Å². The zero-order valence-electron chi connectivity index (χ0n) is 17.5. The van der Waals surface area contributed by atoms with Crippen molar-refractivity contribution in [3.8, 4) is 11.5 Å². The van der Waals surface area contributed by atoms with Gasteiger partial charge in [0.05, 0.1) is 19.1 Å². The molecule has 0 bridgehead atoms. The highest BCUT2D eigenvalue weighted by atomic mass is 35.5. The third-order valence-electron chi connectivity index (χ3n) is 5.98. The lowest BCUT2D eigenvalue weighted by atomic mass is 9.73. The molecule has 1 heterocycles. The summed E-state index contributed by atoms with van der Waals surface area (Å²) in [5, 5.41) is 14.2. The average Bonchev–Trinajstić information content (AvgIpc) is 2.77. The minimum Gasteiger partial charge on any atom is -0.497 e. The number of ether oxygens (including phenoxy) is 2. The molecule has 166 valence electrons. The highest BCUT2D eigenvalue weighted by molar-refractivity contribution is 6.32. The number of benzene rings is 2. The van der Waals surface area contributed by atoms with E-state index in [-0.39, 0.29) is 41.2 Å². The van der Waals surface area contributed by atoms with Gasteiger partial charge in [-0.05, 0) is 36.2 Å². The number of nitro groups is 1. The second-order valence-electron chi connectivity index (χ2n) is 7.80. The summed E-state index contributed by atoms with van der Waals surface area (Å²) in [5.74, 6) is 0.174. The number of ketones is 1. The average molecular weight is 457 g/mol. The molecule has 1 amide bonds. The molecule has 8 nitrogen and oxygen atoms in total. The van der Waals surface area contributed by atoms with Crippen molar-refractivity contribution < 1.29 is 24.0 Å². The van der Waals surface area contributed by atoms with Crippen LogP contribution in [0.25, 0.3) is 0 Å². The van der Waals surface area contributed by atoms with Crippen LogP contribution in [0.2, 0.25) is 5.02 Å². The number of amides is 1. The van der Waals surface area contributed by atoms with Crippen LogP contribution in [-0.2, 0) is 9.59 Å². The number of nitrogens with one attached hydrogen (secondary N) is 1. The zero-order chi connectivity index (χ0) is 23.0. The number of methoxy groups -OCH3 is 2. The lowest BCUT2D eigenvalue weighted by Crippen LogP contribution is -2.38. The molecule has 1 aliphatic heterocycles. The van der Waals surface area contributed by atoms with Crippen molar-refractivity contribution in [2.75, 3.05) is 14.2 Å². The number of nitrogens with zero attached hydrogens (tertiary/aromatic N) is 1. The molecule has 1 N–H and O–H groups in total. The third-order valence-corrected chi connectivity index (χ3v) is 6.30. The van der Waals surface area contributed by atoms with Crippen molar-refractivity contribution in [3.63, 3.8) is 0 Å². The van der Waals surface area contributed by atoms with Crippen molar-refractivity contribution >= 4 is 29.0 Å². The van der Waals surface area contributed by atoms with Crippen LogP contribution in [0, 0.1) is 10.1 Å². The molecule has 9 heteroatoms. The van der Waals surface area contributed by atoms with Crippen LogP contribution in [0.15, 0.2) is 47.7 Å². The Morgan fingerprint density at radius 3 is 2.53 bits per heavy atom. The number of nitro benzene ring substituents is 1. The first-order chi connectivity index (χ1) is 15.3. The highest BCUT2D eigenvalue weighted by Gasteiger charge is 2.39. The Morgan fingerprint density at radius 1 is 1.06 bits per heavy atom. The van der Waals surface area contributed by atoms with Crippen molar-refractivity contribution in [2.24, 2.45) is 0 Å². The molecule has 2 atom stereocenters. The molecular weight excluding hydrogens is 436 g/mol. The summed E-state index contributed by atoms with van der Waals surface area (Å²) in [6.45, 7) is 0. The maximum absolute atomic E-state index is 13.3. The van der Waals surface area contributed by atoms with Crippen LogP contribution in [0.1, 0.15) is 42.2 Å². The molecule has 0 unspecified atom stereocenters. The monoisotopic (exact) mass is 456 g/mol. The van der Waals surface area contributed by atoms with Crippen LogP contribution in [0.4, 0.5) is 5.69 Å². The van der Waals surface area contributed by atoms with Crippen LogP contribution < -0.4 is 14.8 Å². The predicted molar refractivity (Wildman–Crippen MR) is 117 cm³/mol. The molecule has 0 radical (unpaired) electrons. The summed E-state index contributed by atoms with van der Waals surface area (Å²) in [6, 6.07) is 9.82. The number of carbonyl (C=O) groups is 2. The molecular formula is C23H21ClN2O6. The Balaban J connectivity index is 1.75. The minimum atomic E-state index is -0.572. The third kappa shape index (κ3) is 3.93.